The van der Waals surface area contributed by atoms with Crippen molar-refractivity contribution in [2.75, 3.05) is 19.6 Å². The van der Waals surface area contributed by atoms with Crippen molar-refractivity contribution in [3.05, 3.63) is 130 Å². The zero-order valence-corrected chi connectivity index (χ0v) is 30.1. The predicted molar refractivity (Wildman–Crippen MR) is 200 cm³/mol. The van der Waals surface area contributed by atoms with Gasteiger partial charge >= 0.3 is 5.69 Å². The number of nitrogens with zero attached hydrogens (tertiary/aromatic N) is 2. The van der Waals surface area contributed by atoms with Crippen LogP contribution < -0.4 is 11.0 Å². The van der Waals surface area contributed by atoms with Gasteiger partial charge in [-0.25, -0.2) is 4.79 Å². The first kappa shape index (κ1) is 35.7. The third-order valence-electron chi connectivity index (χ3n) is 9.83. The van der Waals surface area contributed by atoms with Gasteiger partial charge in [-0.1, -0.05) is 120 Å². The van der Waals surface area contributed by atoms with Gasteiger partial charge in [-0.05, 0) is 52.8 Å². The Morgan fingerprint density at radius 2 is 1.57 bits per heavy atom. The number of alkyl halides is 3. The Kier molecular flexibility index (Phi) is 10.9. The second-order valence-corrected chi connectivity index (χ2v) is 15.4. The molecule has 0 unspecified atom stereocenters. The van der Waals surface area contributed by atoms with E-state index in [0.717, 1.165) is 76.9 Å². The minimum Gasteiger partial charge on any atom is -0.392 e. The molecule has 51 heavy (non-hydrogen) atoms. The summed E-state index contributed by atoms with van der Waals surface area (Å²) in [5.74, 6) is -0.687. The molecule has 1 aromatic heterocycles. The molecule has 0 spiro atoms. The monoisotopic (exact) mass is 748 g/mol. The van der Waals surface area contributed by atoms with Crippen molar-refractivity contribution in [1.82, 2.24) is 19.8 Å². The standard InChI is InChI=1S/C39H39Cl3N4O5/c40-39(41,42)37(48)43-22-29-5-1-2-6-32(29)26-13-15-28(16-14-26)36-50-31(21-35(51-36)27-11-9-25(24-47)10-12-27)23-45-19-17-30(18-20-45)46-34-8-4-3-7-33(34)44-38(46)49/h1-16,30-31,35-36,47H,17-24H2,(H,43,48)(H,44,49)/t31-,35+,36+/m1/s1. The number of aliphatic hydroxyl groups excluding tert-OH is 1. The third-order valence-corrected chi connectivity index (χ3v) is 10.3. The number of ether oxygens (including phenoxy) is 2. The summed E-state index contributed by atoms with van der Waals surface area (Å²) >= 11 is 17.2. The molecule has 12 heteroatoms. The van der Waals surface area contributed by atoms with Gasteiger partial charge in [0, 0.05) is 44.2 Å². The highest BCUT2D eigenvalue weighted by Crippen LogP contribution is 2.39. The van der Waals surface area contributed by atoms with Crippen LogP contribution in [0.5, 0.6) is 0 Å². The van der Waals surface area contributed by atoms with Crippen LogP contribution in [0.25, 0.3) is 22.2 Å². The number of hydrogen-bond acceptors (Lipinski definition) is 6. The summed E-state index contributed by atoms with van der Waals surface area (Å²) in [5, 5.41) is 12.3. The van der Waals surface area contributed by atoms with Gasteiger partial charge < -0.3 is 29.8 Å². The molecule has 0 aliphatic carbocycles. The van der Waals surface area contributed by atoms with Crippen molar-refractivity contribution in [3.8, 4) is 11.1 Å². The Balaban J connectivity index is 1.06. The van der Waals surface area contributed by atoms with Crippen LogP contribution in [0, 0.1) is 0 Å². The van der Waals surface area contributed by atoms with E-state index in [1.54, 1.807) is 0 Å². The SMILES string of the molecule is O=C(NCc1ccccc1-c1ccc([C@H]2O[C@@H](CN3CCC(n4c(=O)[nH]c5ccccc54)CC3)C[C@@H](c3ccc(CO)cc3)O2)cc1)C(Cl)(Cl)Cl. The topological polar surface area (TPSA) is 109 Å². The number of aromatic amines is 1. The summed E-state index contributed by atoms with van der Waals surface area (Å²) in [6.07, 6.45) is 1.53. The molecule has 1 amide bonds. The lowest BCUT2D eigenvalue weighted by Crippen LogP contribution is -2.43. The van der Waals surface area contributed by atoms with Crippen LogP contribution in [0.1, 0.15) is 60.0 Å². The summed E-state index contributed by atoms with van der Waals surface area (Å²) in [7, 11) is 0. The normalized spacial score (nSPS) is 20.4. The van der Waals surface area contributed by atoms with Gasteiger partial charge in [-0.2, -0.15) is 0 Å². The fraction of sp³-hybridized carbons (Fsp3) is 0.333. The Labute approximate surface area is 311 Å². The number of aromatic nitrogens is 2. The average Bonchev–Trinajstić information content (AvgIpc) is 3.49. The highest BCUT2D eigenvalue weighted by Gasteiger charge is 2.35. The number of fused-ring (bicyclic) bond motifs is 1. The Morgan fingerprint density at radius 3 is 2.29 bits per heavy atom. The number of benzene rings is 4. The van der Waals surface area contributed by atoms with Crippen molar-refractivity contribution in [3.63, 3.8) is 0 Å². The fourth-order valence-electron chi connectivity index (χ4n) is 7.17. The molecular weight excluding hydrogens is 711 g/mol. The zero-order chi connectivity index (χ0) is 35.5. The lowest BCUT2D eigenvalue weighted by atomic mass is 9.97. The number of likely N-dealkylation sites (tertiary alicyclic amines) is 1. The van der Waals surface area contributed by atoms with E-state index in [0.29, 0.717) is 6.42 Å². The molecule has 3 N–H and O–H groups in total. The second kappa shape index (κ2) is 15.5. The number of hydrogen-bond donors (Lipinski definition) is 3. The largest absolute Gasteiger partial charge is 0.392 e. The van der Waals surface area contributed by atoms with Crippen molar-refractivity contribution in [2.45, 2.75) is 60.7 Å². The molecule has 2 aliphatic heterocycles. The van der Waals surface area contributed by atoms with Crippen LogP contribution in [0.4, 0.5) is 0 Å². The summed E-state index contributed by atoms with van der Waals surface area (Å²) in [5.41, 5.74) is 7.31. The summed E-state index contributed by atoms with van der Waals surface area (Å²) in [6.45, 7) is 2.64. The van der Waals surface area contributed by atoms with Gasteiger partial charge in [0.2, 0.25) is 0 Å². The van der Waals surface area contributed by atoms with E-state index in [1.165, 1.54) is 0 Å². The number of H-pyrrole nitrogens is 1. The van der Waals surface area contributed by atoms with E-state index in [2.05, 4.69) is 15.2 Å². The van der Waals surface area contributed by atoms with Crippen LogP contribution in [-0.4, -0.2) is 55.0 Å². The molecule has 5 aromatic rings. The van der Waals surface area contributed by atoms with Crippen molar-refractivity contribution >= 4 is 51.7 Å². The lowest BCUT2D eigenvalue weighted by Gasteiger charge is -2.40. The van der Waals surface area contributed by atoms with Gasteiger partial charge in [0.25, 0.3) is 9.70 Å². The fourth-order valence-corrected chi connectivity index (χ4v) is 7.37. The van der Waals surface area contributed by atoms with E-state index < -0.39 is 16.0 Å². The van der Waals surface area contributed by atoms with Gasteiger partial charge in [-0.3, -0.25) is 9.36 Å². The van der Waals surface area contributed by atoms with E-state index >= 15 is 0 Å². The molecular formula is C39H39Cl3N4O5. The van der Waals surface area contributed by atoms with E-state index in [9.17, 15) is 14.7 Å². The number of carbonyl (C=O) groups is 1. The molecule has 2 saturated heterocycles. The maximum Gasteiger partial charge on any atom is 0.326 e. The van der Waals surface area contributed by atoms with Crippen molar-refractivity contribution < 1.29 is 19.4 Å². The quantitative estimate of drug-likeness (QED) is 0.136. The molecule has 3 atom stereocenters. The molecule has 9 nitrogen and oxygen atoms in total. The third kappa shape index (κ3) is 8.21. The molecule has 0 saturated carbocycles. The highest BCUT2D eigenvalue weighted by atomic mass is 35.6. The summed E-state index contributed by atoms with van der Waals surface area (Å²) in [4.78, 5) is 30.4. The lowest BCUT2D eigenvalue weighted by molar-refractivity contribution is -0.253. The molecule has 0 radical (unpaired) electrons. The number of halogens is 3. The van der Waals surface area contributed by atoms with Crippen molar-refractivity contribution in [1.29, 1.82) is 0 Å². The number of piperidine rings is 1. The number of imidazole rings is 1. The smallest absolute Gasteiger partial charge is 0.326 e. The van der Waals surface area contributed by atoms with Crippen LogP contribution in [0.3, 0.4) is 0 Å². The van der Waals surface area contributed by atoms with E-state index in [4.69, 9.17) is 44.3 Å². The Morgan fingerprint density at radius 1 is 0.882 bits per heavy atom. The number of carbonyl (C=O) groups excluding carboxylic acids is 1. The predicted octanol–water partition coefficient (Wildman–Crippen LogP) is 7.36. The van der Waals surface area contributed by atoms with E-state index in [-0.39, 0.29) is 37.1 Å². The van der Waals surface area contributed by atoms with Crippen LogP contribution in [0.15, 0.2) is 102 Å². The number of aliphatic hydroxyl groups is 1. The molecule has 2 fully saturated rings. The summed E-state index contributed by atoms with van der Waals surface area (Å²) < 4.78 is 13.2. The van der Waals surface area contributed by atoms with Crippen LogP contribution >= 0.6 is 34.8 Å². The van der Waals surface area contributed by atoms with Gasteiger partial charge in [0.1, 0.15) is 0 Å². The minimum absolute atomic E-state index is 0.0183. The number of rotatable bonds is 9. The maximum atomic E-state index is 12.8. The first-order chi connectivity index (χ1) is 24.7. The first-order valence-corrected chi connectivity index (χ1v) is 18.2. The molecule has 3 heterocycles. The van der Waals surface area contributed by atoms with E-state index in [1.807, 2.05) is 102 Å². The number of amides is 1. The molecule has 7 rings (SSSR count). The Bertz CT molecular complexity index is 2020. The number of nitrogens with one attached hydrogen (secondary N) is 2. The minimum atomic E-state index is -2.04. The first-order valence-electron chi connectivity index (χ1n) is 17.1. The highest BCUT2D eigenvalue weighted by molar-refractivity contribution is 6.76. The molecule has 2 aliphatic rings. The molecule has 266 valence electrons. The molecule has 0 bridgehead atoms. The Hall–Kier alpha value is -3.67. The van der Waals surface area contributed by atoms with Gasteiger partial charge in [0.05, 0.1) is 29.8 Å². The van der Waals surface area contributed by atoms with Crippen LogP contribution in [0.2, 0.25) is 0 Å². The second-order valence-electron chi connectivity index (χ2n) is 13.2. The van der Waals surface area contributed by atoms with Gasteiger partial charge in [0.15, 0.2) is 6.29 Å². The summed E-state index contributed by atoms with van der Waals surface area (Å²) in [6, 6.07) is 31.7. The van der Waals surface area contributed by atoms with Gasteiger partial charge in [-0.15, -0.1) is 0 Å². The van der Waals surface area contributed by atoms with Crippen molar-refractivity contribution in [2.24, 2.45) is 0 Å². The maximum absolute atomic E-state index is 12.8. The number of para-hydroxylation sites is 2. The molecule has 4 aromatic carbocycles. The average molecular weight is 750 g/mol. The van der Waals surface area contributed by atoms with Crippen LogP contribution in [-0.2, 0) is 27.4 Å². The zero-order valence-electron chi connectivity index (χ0n) is 27.8.